The van der Waals surface area contributed by atoms with Crippen molar-refractivity contribution < 1.29 is 0 Å². The first kappa shape index (κ1) is 27.6. The molecule has 0 radical (unpaired) electrons. The molecule has 9 aromatic rings. The molecule has 49 heavy (non-hydrogen) atoms. The van der Waals surface area contributed by atoms with Gasteiger partial charge in [-0.05, 0) is 103 Å². The molecule has 1 aromatic heterocycles. The van der Waals surface area contributed by atoms with Crippen LogP contribution in [-0.2, 0) is 0 Å². The molecule has 0 N–H and O–H groups in total. The molecule has 1 aliphatic rings. The van der Waals surface area contributed by atoms with Crippen LogP contribution >= 0.6 is 0 Å². The number of nitrogens with zero attached hydrogens (tertiary/aromatic N) is 2. The zero-order valence-electron chi connectivity index (χ0n) is 26.7. The highest BCUT2D eigenvalue weighted by Crippen LogP contribution is 2.59. The van der Waals surface area contributed by atoms with Crippen LogP contribution in [-0.4, -0.2) is 4.98 Å². The highest BCUT2D eigenvalue weighted by molar-refractivity contribution is 6.29. The topological polar surface area (TPSA) is 16.1 Å². The monoisotopic (exact) mass is 622 g/mol. The molecule has 2 heteroatoms. The van der Waals surface area contributed by atoms with E-state index in [1.807, 2.05) is 12.3 Å². The Hall–Kier alpha value is -6.51. The number of hydrogen-bond donors (Lipinski definition) is 0. The van der Waals surface area contributed by atoms with Gasteiger partial charge in [0.05, 0.1) is 11.2 Å². The van der Waals surface area contributed by atoms with E-state index in [2.05, 4.69) is 180 Å². The van der Waals surface area contributed by atoms with E-state index in [1.54, 1.807) is 0 Å². The molecule has 0 saturated carbocycles. The minimum atomic E-state index is 0.990. The lowest BCUT2D eigenvalue weighted by molar-refractivity contribution is 1.30. The van der Waals surface area contributed by atoms with Gasteiger partial charge in [0.2, 0.25) is 0 Å². The van der Waals surface area contributed by atoms with Crippen molar-refractivity contribution in [3.8, 4) is 44.5 Å². The van der Waals surface area contributed by atoms with Crippen LogP contribution in [0.3, 0.4) is 0 Å². The molecule has 2 nitrogen and oxygen atoms in total. The van der Waals surface area contributed by atoms with E-state index in [-0.39, 0.29) is 0 Å². The van der Waals surface area contributed by atoms with Gasteiger partial charge >= 0.3 is 0 Å². The molecule has 0 unspecified atom stereocenters. The second kappa shape index (κ2) is 11.0. The third kappa shape index (κ3) is 4.24. The third-order valence-corrected chi connectivity index (χ3v) is 10.00. The van der Waals surface area contributed by atoms with Crippen LogP contribution in [0.5, 0.6) is 0 Å². The average Bonchev–Trinajstić information content (AvgIpc) is 3.50. The first-order valence-corrected chi connectivity index (χ1v) is 16.8. The number of anilines is 3. The van der Waals surface area contributed by atoms with Gasteiger partial charge in [0.15, 0.2) is 0 Å². The normalized spacial score (nSPS) is 11.7. The Balaban J connectivity index is 1.32. The standard InChI is InChI=1S/C47H30N2/c1-4-14-31(15-5-1)43-36-21-10-11-22-37(36)44(32-16-6-2-7-17-32)47-40-26-28-42(38-23-12-24-39(45(38)40)46(43)47)49(34-19-8-3-9-20-34)35-25-27-41-33(30-35)18-13-29-48-41/h1-30H. The van der Waals surface area contributed by atoms with Crippen LogP contribution in [0.4, 0.5) is 17.1 Å². The quantitative estimate of drug-likeness (QED) is 0.190. The van der Waals surface area contributed by atoms with Crippen molar-refractivity contribution in [2.45, 2.75) is 0 Å². The lowest BCUT2D eigenvalue weighted by Crippen LogP contribution is -2.10. The molecule has 228 valence electrons. The molecule has 0 spiro atoms. The second-order valence-corrected chi connectivity index (χ2v) is 12.7. The Morgan fingerprint density at radius 2 is 0.980 bits per heavy atom. The van der Waals surface area contributed by atoms with E-state index < -0.39 is 0 Å². The number of aromatic nitrogens is 1. The van der Waals surface area contributed by atoms with Crippen LogP contribution in [0.15, 0.2) is 182 Å². The molecule has 0 bridgehead atoms. The summed E-state index contributed by atoms with van der Waals surface area (Å²) < 4.78 is 0. The minimum absolute atomic E-state index is 0.990. The number of rotatable bonds is 5. The van der Waals surface area contributed by atoms with Gasteiger partial charge in [0.25, 0.3) is 0 Å². The largest absolute Gasteiger partial charge is 0.310 e. The first-order valence-electron chi connectivity index (χ1n) is 16.8. The minimum Gasteiger partial charge on any atom is -0.310 e. The summed E-state index contributed by atoms with van der Waals surface area (Å²) >= 11 is 0. The number of fused-ring (bicyclic) bond motifs is 5. The maximum atomic E-state index is 4.60. The second-order valence-electron chi connectivity index (χ2n) is 12.7. The zero-order valence-corrected chi connectivity index (χ0v) is 26.7. The number of para-hydroxylation sites is 1. The molecule has 0 amide bonds. The van der Waals surface area contributed by atoms with Crippen LogP contribution in [0.1, 0.15) is 0 Å². The van der Waals surface area contributed by atoms with Crippen LogP contribution in [0.2, 0.25) is 0 Å². The molecule has 1 heterocycles. The molecule has 0 aliphatic heterocycles. The molecular weight excluding hydrogens is 593 g/mol. The lowest BCUT2D eigenvalue weighted by Gasteiger charge is -2.27. The van der Waals surface area contributed by atoms with Crippen LogP contribution < -0.4 is 4.90 Å². The van der Waals surface area contributed by atoms with E-state index >= 15 is 0 Å². The van der Waals surface area contributed by atoms with Crippen LogP contribution in [0, 0.1) is 0 Å². The fraction of sp³-hybridized carbons (Fsp3) is 0. The SMILES string of the molecule is c1ccc(-c2c3c(c(-c4ccccc4)c4ccccc24)-c2ccc(N(c4ccccc4)c4ccc5ncccc5c4)c4cccc-3c24)cc1. The van der Waals surface area contributed by atoms with Gasteiger partial charge in [-0.15, -0.1) is 0 Å². The van der Waals surface area contributed by atoms with Crippen LogP contribution in [0.25, 0.3) is 77.0 Å². The van der Waals surface area contributed by atoms with E-state index in [9.17, 15) is 0 Å². The van der Waals surface area contributed by atoms with Gasteiger partial charge in [-0.3, -0.25) is 4.98 Å². The number of hydrogen-bond acceptors (Lipinski definition) is 2. The maximum absolute atomic E-state index is 4.60. The smallest absolute Gasteiger partial charge is 0.0703 e. The lowest BCUT2D eigenvalue weighted by atomic mass is 9.82. The number of benzene rings is 8. The van der Waals surface area contributed by atoms with Crippen molar-refractivity contribution in [3.05, 3.63) is 182 Å². The van der Waals surface area contributed by atoms with Gasteiger partial charge in [-0.1, -0.05) is 133 Å². The fourth-order valence-electron chi connectivity index (χ4n) is 8.00. The summed E-state index contributed by atoms with van der Waals surface area (Å²) in [5, 5.41) is 6.18. The molecule has 1 aliphatic carbocycles. The molecule has 10 rings (SSSR count). The van der Waals surface area contributed by atoms with Gasteiger partial charge in [0, 0.05) is 28.3 Å². The van der Waals surface area contributed by atoms with Gasteiger partial charge < -0.3 is 4.90 Å². The summed E-state index contributed by atoms with van der Waals surface area (Å²) in [7, 11) is 0. The average molecular weight is 623 g/mol. The predicted molar refractivity (Wildman–Crippen MR) is 207 cm³/mol. The van der Waals surface area contributed by atoms with Gasteiger partial charge in [-0.2, -0.15) is 0 Å². The third-order valence-electron chi connectivity index (χ3n) is 10.00. The van der Waals surface area contributed by atoms with Crippen molar-refractivity contribution in [2.75, 3.05) is 4.90 Å². The van der Waals surface area contributed by atoms with Crippen molar-refractivity contribution >= 4 is 49.5 Å². The van der Waals surface area contributed by atoms with Crippen molar-refractivity contribution in [2.24, 2.45) is 0 Å². The van der Waals surface area contributed by atoms with E-state index in [1.165, 1.54) is 66.1 Å². The first-order chi connectivity index (χ1) is 24.3. The summed E-state index contributed by atoms with van der Waals surface area (Å²) in [4.78, 5) is 7.00. The number of pyridine rings is 1. The predicted octanol–water partition coefficient (Wildman–Crippen LogP) is 13.0. The Morgan fingerprint density at radius 3 is 1.65 bits per heavy atom. The van der Waals surface area contributed by atoms with Crippen molar-refractivity contribution in [1.29, 1.82) is 0 Å². The Bertz CT molecular complexity index is 2610. The van der Waals surface area contributed by atoms with E-state index in [4.69, 9.17) is 0 Å². The molecule has 8 aromatic carbocycles. The molecule has 0 saturated heterocycles. The maximum Gasteiger partial charge on any atom is 0.0703 e. The summed E-state index contributed by atoms with van der Waals surface area (Å²) in [6.45, 7) is 0. The van der Waals surface area contributed by atoms with E-state index in [0.717, 1.165) is 28.0 Å². The molecule has 0 atom stereocenters. The molecular formula is C47H30N2. The summed E-state index contributed by atoms with van der Waals surface area (Å²) in [5.41, 5.74) is 14.6. The zero-order chi connectivity index (χ0) is 32.3. The fourth-order valence-corrected chi connectivity index (χ4v) is 8.00. The summed E-state index contributed by atoms with van der Waals surface area (Å²) in [6, 6.07) is 63.7. The summed E-state index contributed by atoms with van der Waals surface area (Å²) in [5.74, 6) is 0. The highest BCUT2D eigenvalue weighted by Gasteiger charge is 2.31. The molecule has 0 fully saturated rings. The summed E-state index contributed by atoms with van der Waals surface area (Å²) in [6.07, 6.45) is 1.86. The Kier molecular flexibility index (Phi) is 6.22. The van der Waals surface area contributed by atoms with Gasteiger partial charge in [-0.25, -0.2) is 0 Å². The highest BCUT2D eigenvalue weighted by atomic mass is 15.1. The van der Waals surface area contributed by atoms with Gasteiger partial charge in [0.1, 0.15) is 0 Å². The van der Waals surface area contributed by atoms with Crippen molar-refractivity contribution in [3.63, 3.8) is 0 Å². The Labute approximate surface area is 285 Å². The Morgan fingerprint density at radius 1 is 0.388 bits per heavy atom. The van der Waals surface area contributed by atoms with E-state index in [0.29, 0.717) is 0 Å². The van der Waals surface area contributed by atoms with Crippen molar-refractivity contribution in [1.82, 2.24) is 4.98 Å².